The normalized spacial score (nSPS) is 17.3. The molecule has 0 saturated heterocycles. The van der Waals surface area contributed by atoms with Gasteiger partial charge in [-0.05, 0) is 41.5 Å². The standard InChI is InChI=1S/C25H20N2O2/c1-29-22-12-13-23-21(16-22)14-15-27(24(28)20-10-6-3-7-11-20)25(23,18-26)17-19-8-4-2-5-9-19/h2-16H,17H2,1H3. The van der Waals surface area contributed by atoms with Crippen molar-refractivity contribution in [3.05, 3.63) is 107 Å². The number of nitriles is 1. The summed E-state index contributed by atoms with van der Waals surface area (Å²) in [6, 6.07) is 26.9. The Morgan fingerprint density at radius 2 is 1.72 bits per heavy atom. The highest BCUT2D eigenvalue weighted by Crippen LogP contribution is 2.40. The zero-order valence-corrected chi connectivity index (χ0v) is 16.1. The Hall–Kier alpha value is -3.84. The minimum atomic E-state index is -1.16. The fourth-order valence-electron chi connectivity index (χ4n) is 3.78. The van der Waals surface area contributed by atoms with Gasteiger partial charge in [0.2, 0.25) is 0 Å². The number of benzene rings is 3. The topological polar surface area (TPSA) is 53.3 Å². The lowest BCUT2D eigenvalue weighted by Gasteiger charge is -2.40. The maximum Gasteiger partial charge on any atom is 0.259 e. The fraction of sp³-hybridized carbons (Fsp3) is 0.120. The number of carbonyl (C=O) groups is 1. The second kappa shape index (κ2) is 7.65. The summed E-state index contributed by atoms with van der Waals surface area (Å²) in [4.78, 5) is 15.0. The zero-order valence-electron chi connectivity index (χ0n) is 16.1. The molecule has 1 heterocycles. The minimum Gasteiger partial charge on any atom is -0.497 e. The van der Waals surface area contributed by atoms with Crippen molar-refractivity contribution < 1.29 is 9.53 Å². The molecule has 0 saturated carbocycles. The number of fused-ring (bicyclic) bond motifs is 1. The molecule has 3 aromatic rings. The maximum atomic E-state index is 13.4. The van der Waals surface area contributed by atoms with E-state index in [1.165, 1.54) is 0 Å². The van der Waals surface area contributed by atoms with Gasteiger partial charge in [0.15, 0.2) is 5.54 Å². The van der Waals surface area contributed by atoms with Crippen molar-refractivity contribution in [2.45, 2.75) is 12.0 Å². The first-order valence-electron chi connectivity index (χ1n) is 9.38. The Bertz CT molecular complexity index is 1100. The summed E-state index contributed by atoms with van der Waals surface area (Å²) in [5, 5.41) is 10.4. The Kier molecular flexibility index (Phi) is 4.88. The van der Waals surface area contributed by atoms with Gasteiger partial charge in [0.1, 0.15) is 5.75 Å². The summed E-state index contributed by atoms with van der Waals surface area (Å²) >= 11 is 0. The van der Waals surface area contributed by atoms with Crippen molar-refractivity contribution in [3.8, 4) is 11.8 Å². The van der Waals surface area contributed by atoms with Crippen LogP contribution in [0.4, 0.5) is 0 Å². The molecule has 1 aliphatic rings. The van der Waals surface area contributed by atoms with Crippen molar-refractivity contribution in [2.75, 3.05) is 7.11 Å². The van der Waals surface area contributed by atoms with Gasteiger partial charge in [-0.25, -0.2) is 0 Å². The van der Waals surface area contributed by atoms with E-state index in [1.807, 2.05) is 72.8 Å². The molecule has 0 aliphatic carbocycles. The van der Waals surface area contributed by atoms with Crippen LogP contribution in [0.2, 0.25) is 0 Å². The van der Waals surface area contributed by atoms with Gasteiger partial charge in [0.05, 0.1) is 13.2 Å². The third-order valence-electron chi connectivity index (χ3n) is 5.25. The second-order valence-corrected chi connectivity index (χ2v) is 6.94. The van der Waals surface area contributed by atoms with E-state index in [4.69, 9.17) is 4.74 Å². The number of carbonyl (C=O) groups excluding carboxylic acids is 1. The van der Waals surface area contributed by atoms with Gasteiger partial charge >= 0.3 is 0 Å². The van der Waals surface area contributed by atoms with Gasteiger partial charge in [-0.15, -0.1) is 0 Å². The van der Waals surface area contributed by atoms with Crippen LogP contribution in [0, 0.1) is 11.3 Å². The molecule has 142 valence electrons. The molecule has 1 aliphatic heterocycles. The van der Waals surface area contributed by atoms with Gasteiger partial charge < -0.3 is 4.74 Å². The van der Waals surface area contributed by atoms with Crippen LogP contribution < -0.4 is 4.74 Å². The molecule has 1 amide bonds. The summed E-state index contributed by atoms with van der Waals surface area (Å²) in [6.45, 7) is 0. The molecule has 0 N–H and O–H groups in total. The lowest BCUT2D eigenvalue weighted by atomic mass is 9.78. The minimum absolute atomic E-state index is 0.208. The lowest BCUT2D eigenvalue weighted by Crippen LogP contribution is -2.49. The van der Waals surface area contributed by atoms with Crippen LogP contribution in [0.15, 0.2) is 85.1 Å². The van der Waals surface area contributed by atoms with E-state index in [9.17, 15) is 10.1 Å². The Balaban J connectivity index is 1.88. The zero-order chi connectivity index (χ0) is 20.3. The summed E-state index contributed by atoms with van der Waals surface area (Å²) in [5.41, 5.74) is 2.03. The summed E-state index contributed by atoms with van der Waals surface area (Å²) in [5.74, 6) is 0.503. The quantitative estimate of drug-likeness (QED) is 0.654. The molecule has 0 radical (unpaired) electrons. The van der Waals surface area contributed by atoms with Gasteiger partial charge in [0.25, 0.3) is 5.91 Å². The molecule has 3 aromatic carbocycles. The summed E-state index contributed by atoms with van der Waals surface area (Å²) < 4.78 is 5.35. The molecule has 29 heavy (non-hydrogen) atoms. The van der Waals surface area contributed by atoms with Crippen LogP contribution in [-0.4, -0.2) is 17.9 Å². The largest absolute Gasteiger partial charge is 0.497 e. The van der Waals surface area contributed by atoms with Crippen LogP contribution >= 0.6 is 0 Å². The summed E-state index contributed by atoms with van der Waals surface area (Å²) in [7, 11) is 1.61. The predicted molar refractivity (Wildman–Crippen MR) is 112 cm³/mol. The van der Waals surface area contributed by atoms with Crippen LogP contribution in [0.5, 0.6) is 5.75 Å². The third kappa shape index (κ3) is 3.28. The second-order valence-electron chi connectivity index (χ2n) is 6.94. The van der Waals surface area contributed by atoms with Gasteiger partial charge in [0, 0.05) is 23.7 Å². The van der Waals surface area contributed by atoms with E-state index in [0.29, 0.717) is 17.7 Å². The van der Waals surface area contributed by atoms with Gasteiger partial charge in [-0.3, -0.25) is 9.69 Å². The number of nitrogens with zero attached hydrogens (tertiary/aromatic N) is 2. The monoisotopic (exact) mass is 380 g/mol. The highest BCUT2D eigenvalue weighted by Gasteiger charge is 2.44. The maximum absolute atomic E-state index is 13.4. The van der Waals surface area contributed by atoms with Crippen LogP contribution in [0.25, 0.3) is 6.08 Å². The van der Waals surface area contributed by atoms with E-state index < -0.39 is 5.54 Å². The first kappa shape index (κ1) is 18.5. The summed E-state index contributed by atoms with van der Waals surface area (Å²) in [6.07, 6.45) is 3.95. The van der Waals surface area contributed by atoms with Crippen LogP contribution in [0.3, 0.4) is 0 Å². The van der Waals surface area contributed by atoms with Crippen molar-refractivity contribution in [3.63, 3.8) is 0 Å². The van der Waals surface area contributed by atoms with Crippen molar-refractivity contribution in [1.29, 1.82) is 5.26 Å². The number of rotatable bonds is 4. The Morgan fingerprint density at radius 1 is 1.03 bits per heavy atom. The van der Waals surface area contributed by atoms with Gasteiger partial charge in [-0.2, -0.15) is 5.26 Å². The lowest BCUT2D eigenvalue weighted by molar-refractivity contribution is 0.0697. The number of ether oxygens (including phenoxy) is 1. The Morgan fingerprint density at radius 3 is 2.38 bits per heavy atom. The van der Waals surface area contributed by atoms with Crippen LogP contribution in [0.1, 0.15) is 27.0 Å². The van der Waals surface area contributed by atoms with E-state index in [1.54, 1.807) is 30.3 Å². The first-order valence-corrected chi connectivity index (χ1v) is 9.38. The van der Waals surface area contributed by atoms with E-state index in [-0.39, 0.29) is 5.91 Å². The number of hydrogen-bond donors (Lipinski definition) is 0. The smallest absolute Gasteiger partial charge is 0.259 e. The number of methoxy groups -OCH3 is 1. The molecule has 4 nitrogen and oxygen atoms in total. The van der Waals surface area contributed by atoms with E-state index in [0.717, 1.165) is 16.7 Å². The average Bonchev–Trinajstić information content (AvgIpc) is 2.79. The molecule has 0 fully saturated rings. The molecule has 4 rings (SSSR count). The molecule has 0 aromatic heterocycles. The predicted octanol–water partition coefficient (Wildman–Crippen LogP) is 4.78. The number of amides is 1. The molecular formula is C25H20N2O2. The molecular weight excluding hydrogens is 360 g/mol. The third-order valence-corrected chi connectivity index (χ3v) is 5.25. The van der Waals surface area contributed by atoms with E-state index >= 15 is 0 Å². The number of hydrogen-bond acceptors (Lipinski definition) is 3. The van der Waals surface area contributed by atoms with E-state index in [2.05, 4.69) is 6.07 Å². The average molecular weight is 380 g/mol. The highest BCUT2D eigenvalue weighted by atomic mass is 16.5. The molecule has 1 unspecified atom stereocenters. The Labute approximate surface area is 170 Å². The molecule has 1 atom stereocenters. The SMILES string of the molecule is COc1ccc2c(c1)C=CN(C(=O)c1ccccc1)C2(C#N)Cc1ccccc1. The van der Waals surface area contributed by atoms with Gasteiger partial charge in [-0.1, -0.05) is 54.6 Å². The fourth-order valence-corrected chi connectivity index (χ4v) is 3.78. The molecule has 0 bridgehead atoms. The molecule has 0 spiro atoms. The van der Waals surface area contributed by atoms with Crippen molar-refractivity contribution in [1.82, 2.24) is 4.90 Å². The molecule has 4 heteroatoms. The van der Waals surface area contributed by atoms with Crippen LogP contribution in [-0.2, 0) is 12.0 Å². The highest BCUT2D eigenvalue weighted by molar-refractivity contribution is 5.96. The first-order chi connectivity index (χ1) is 14.2. The van der Waals surface area contributed by atoms with Crippen molar-refractivity contribution >= 4 is 12.0 Å². The van der Waals surface area contributed by atoms with Crippen molar-refractivity contribution in [2.24, 2.45) is 0 Å².